The van der Waals surface area contributed by atoms with Gasteiger partial charge in [-0.1, -0.05) is 44.2 Å². The Labute approximate surface area is 208 Å². The van der Waals surface area contributed by atoms with Crippen molar-refractivity contribution in [2.75, 3.05) is 38.2 Å². The summed E-state index contributed by atoms with van der Waals surface area (Å²) in [6.45, 7) is 10.6. The van der Waals surface area contributed by atoms with Crippen LogP contribution < -0.4 is 10.6 Å². The molecule has 1 unspecified atom stereocenters. The van der Waals surface area contributed by atoms with Gasteiger partial charge in [-0.2, -0.15) is 11.8 Å². The van der Waals surface area contributed by atoms with E-state index in [-0.39, 0.29) is 30.0 Å². The van der Waals surface area contributed by atoms with Gasteiger partial charge in [-0.25, -0.2) is 4.99 Å². The largest absolute Gasteiger partial charge is 0.356 e. The summed E-state index contributed by atoms with van der Waals surface area (Å²) < 4.78 is 1.98. The average Bonchev–Trinajstić information content (AvgIpc) is 3.09. The summed E-state index contributed by atoms with van der Waals surface area (Å²) in [5, 5.41) is 15.4. The molecule has 2 aromatic rings. The third kappa shape index (κ3) is 8.97. The molecule has 1 aromatic heterocycles. The Morgan fingerprint density at radius 1 is 1.16 bits per heavy atom. The maximum absolute atomic E-state index is 4.79. The molecule has 31 heavy (non-hydrogen) atoms. The minimum atomic E-state index is 0. The molecule has 1 heterocycles. The summed E-state index contributed by atoms with van der Waals surface area (Å²) in [7, 11) is 1.98. The number of hydrogen-bond acceptors (Lipinski definition) is 5. The number of hydrogen-bond donors (Lipinski definition) is 2. The van der Waals surface area contributed by atoms with Crippen LogP contribution in [0.3, 0.4) is 0 Å². The highest BCUT2D eigenvalue weighted by atomic mass is 127. The predicted octanol–water partition coefficient (Wildman–Crippen LogP) is 3.61. The number of aliphatic imine (C=N–C) groups is 1. The van der Waals surface area contributed by atoms with E-state index < -0.39 is 0 Å². The first kappa shape index (κ1) is 27.7. The van der Waals surface area contributed by atoms with Crippen LogP contribution in [0, 0.1) is 6.92 Å². The zero-order valence-electron chi connectivity index (χ0n) is 19.5. The Morgan fingerprint density at radius 2 is 1.87 bits per heavy atom. The van der Waals surface area contributed by atoms with Gasteiger partial charge < -0.3 is 15.2 Å². The maximum Gasteiger partial charge on any atom is 0.191 e. The highest BCUT2D eigenvalue weighted by Gasteiger charge is 2.18. The van der Waals surface area contributed by atoms with Gasteiger partial charge in [0.2, 0.25) is 0 Å². The number of aromatic nitrogens is 3. The number of likely N-dealkylation sites (N-methyl/N-ethyl adjacent to an activating group) is 1. The monoisotopic (exact) mass is 559 g/mol. The molecule has 0 aliphatic rings. The lowest BCUT2D eigenvalue weighted by Crippen LogP contribution is -2.43. The van der Waals surface area contributed by atoms with Crippen LogP contribution in [0.2, 0.25) is 0 Å². The van der Waals surface area contributed by atoms with Gasteiger partial charge >= 0.3 is 0 Å². The van der Waals surface area contributed by atoms with Crippen LogP contribution in [0.5, 0.6) is 0 Å². The number of nitrogens with zero attached hydrogens (tertiary/aromatic N) is 5. The molecule has 2 rings (SSSR count). The van der Waals surface area contributed by atoms with Crippen LogP contribution in [0.25, 0.3) is 0 Å². The lowest BCUT2D eigenvalue weighted by atomic mass is 10.1. The lowest BCUT2D eigenvalue weighted by molar-refractivity contribution is 0.219. The Kier molecular flexibility index (Phi) is 13.8. The molecule has 9 heteroatoms. The van der Waals surface area contributed by atoms with Gasteiger partial charge in [0.15, 0.2) is 11.8 Å². The fourth-order valence-corrected chi connectivity index (χ4v) is 3.76. The van der Waals surface area contributed by atoms with Crippen LogP contribution in [0.4, 0.5) is 0 Å². The predicted molar refractivity (Wildman–Crippen MR) is 143 cm³/mol. The van der Waals surface area contributed by atoms with E-state index in [1.165, 1.54) is 5.56 Å². The van der Waals surface area contributed by atoms with E-state index in [9.17, 15) is 0 Å². The number of thioether (sulfide) groups is 1. The van der Waals surface area contributed by atoms with Crippen molar-refractivity contribution in [2.24, 2.45) is 12.0 Å². The molecule has 0 fully saturated rings. The fraction of sp³-hybridized carbons (Fsp3) is 0.591. The van der Waals surface area contributed by atoms with Crippen LogP contribution in [-0.2, 0) is 13.6 Å². The van der Waals surface area contributed by atoms with Crippen LogP contribution in [-0.4, -0.2) is 63.8 Å². The van der Waals surface area contributed by atoms with Gasteiger partial charge in [-0.3, -0.25) is 4.90 Å². The minimum absolute atomic E-state index is 0. The topological polar surface area (TPSA) is 70.4 Å². The molecular formula is C22H38IN7S. The first-order valence-electron chi connectivity index (χ1n) is 10.8. The Bertz CT molecular complexity index is 762. The minimum Gasteiger partial charge on any atom is -0.356 e. The molecular weight excluding hydrogens is 521 g/mol. The SMILES string of the molecule is CCN(CC)C(CNC(=NCc1nnc(C)n1C)NCCCSC)c1ccccc1.I. The van der Waals surface area contributed by atoms with E-state index in [1.807, 2.05) is 30.3 Å². The third-order valence-electron chi connectivity index (χ3n) is 5.28. The van der Waals surface area contributed by atoms with E-state index in [0.29, 0.717) is 6.54 Å². The molecule has 2 N–H and O–H groups in total. The molecule has 1 atom stereocenters. The molecule has 1 aromatic carbocycles. The maximum atomic E-state index is 4.79. The molecule has 0 radical (unpaired) electrons. The molecule has 0 spiro atoms. The van der Waals surface area contributed by atoms with E-state index in [0.717, 1.165) is 56.0 Å². The fourth-order valence-electron chi connectivity index (χ4n) is 3.33. The zero-order valence-corrected chi connectivity index (χ0v) is 22.6. The van der Waals surface area contributed by atoms with Crippen LogP contribution in [0.15, 0.2) is 35.3 Å². The van der Waals surface area contributed by atoms with Gasteiger partial charge in [0, 0.05) is 20.1 Å². The summed E-state index contributed by atoms with van der Waals surface area (Å²) in [4.78, 5) is 7.26. The van der Waals surface area contributed by atoms with Gasteiger partial charge in [0.1, 0.15) is 12.4 Å². The van der Waals surface area contributed by atoms with Crippen molar-refractivity contribution in [3.63, 3.8) is 0 Å². The number of benzene rings is 1. The summed E-state index contributed by atoms with van der Waals surface area (Å²) in [5.74, 6) is 3.72. The third-order valence-corrected chi connectivity index (χ3v) is 5.98. The van der Waals surface area contributed by atoms with E-state index in [1.54, 1.807) is 0 Å². The van der Waals surface area contributed by atoms with Gasteiger partial charge in [0.05, 0.1) is 6.04 Å². The number of halogens is 1. The molecule has 0 saturated heterocycles. The molecule has 0 aliphatic carbocycles. The van der Waals surface area contributed by atoms with Crippen LogP contribution in [0.1, 0.15) is 43.5 Å². The molecule has 0 bridgehead atoms. The summed E-state index contributed by atoms with van der Waals surface area (Å²) in [6, 6.07) is 11.0. The number of rotatable bonds is 12. The molecule has 0 aliphatic heterocycles. The van der Waals surface area contributed by atoms with Gasteiger partial charge in [-0.15, -0.1) is 34.2 Å². The van der Waals surface area contributed by atoms with Crippen molar-refractivity contribution in [1.82, 2.24) is 30.3 Å². The number of aryl methyl sites for hydroxylation is 1. The first-order chi connectivity index (χ1) is 14.6. The van der Waals surface area contributed by atoms with Gasteiger partial charge in [-0.05, 0) is 44.0 Å². The van der Waals surface area contributed by atoms with E-state index in [2.05, 4.69) is 76.2 Å². The highest BCUT2D eigenvalue weighted by molar-refractivity contribution is 14.0. The second kappa shape index (κ2) is 15.5. The quantitative estimate of drug-likeness (QED) is 0.179. The molecule has 7 nitrogen and oxygen atoms in total. The van der Waals surface area contributed by atoms with Crippen molar-refractivity contribution >= 4 is 41.7 Å². The molecule has 174 valence electrons. The number of nitrogens with one attached hydrogen (secondary N) is 2. The van der Waals surface area contributed by atoms with Crippen molar-refractivity contribution in [3.8, 4) is 0 Å². The first-order valence-corrected chi connectivity index (χ1v) is 12.1. The smallest absolute Gasteiger partial charge is 0.191 e. The normalized spacial score (nSPS) is 12.5. The molecule has 0 saturated carbocycles. The second-order valence-electron chi connectivity index (χ2n) is 7.19. The zero-order chi connectivity index (χ0) is 21.8. The highest BCUT2D eigenvalue weighted by Crippen LogP contribution is 2.19. The van der Waals surface area contributed by atoms with E-state index >= 15 is 0 Å². The Balaban J connectivity index is 0.00000480. The standard InChI is InChI=1S/C22H37N7S.HI/c1-6-29(7-2)20(19-12-9-8-10-13-19)16-24-22(23-14-11-15-30-5)25-17-21-27-26-18(3)28(21)4;/h8-10,12-13,20H,6-7,11,14-17H2,1-5H3,(H2,23,24,25);1H. The Hall–Kier alpha value is -1.33. The second-order valence-corrected chi connectivity index (χ2v) is 8.17. The number of guanidine groups is 1. The summed E-state index contributed by atoms with van der Waals surface area (Å²) in [5.41, 5.74) is 1.32. The van der Waals surface area contributed by atoms with Crippen molar-refractivity contribution < 1.29 is 0 Å². The van der Waals surface area contributed by atoms with Crippen molar-refractivity contribution in [3.05, 3.63) is 47.5 Å². The average molecular weight is 560 g/mol. The van der Waals surface area contributed by atoms with Gasteiger partial charge in [0.25, 0.3) is 0 Å². The van der Waals surface area contributed by atoms with Crippen LogP contribution >= 0.6 is 35.7 Å². The molecule has 0 amide bonds. The van der Waals surface area contributed by atoms with Crippen molar-refractivity contribution in [2.45, 2.75) is 39.8 Å². The van der Waals surface area contributed by atoms with E-state index in [4.69, 9.17) is 4.99 Å². The lowest BCUT2D eigenvalue weighted by Gasteiger charge is -2.31. The van der Waals surface area contributed by atoms with Crippen molar-refractivity contribution in [1.29, 1.82) is 0 Å². The Morgan fingerprint density at radius 3 is 2.45 bits per heavy atom. The summed E-state index contributed by atoms with van der Waals surface area (Å²) in [6.07, 6.45) is 3.24. The summed E-state index contributed by atoms with van der Waals surface area (Å²) >= 11 is 1.87.